The first-order valence-electron chi connectivity index (χ1n) is 5.83. The highest BCUT2D eigenvalue weighted by Gasteiger charge is 2.25. The van der Waals surface area contributed by atoms with E-state index in [2.05, 4.69) is 21.2 Å². The van der Waals surface area contributed by atoms with Crippen molar-refractivity contribution in [2.24, 2.45) is 0 Å². The van der Waals surface area contributed by atoms with Crippen molar-refractivity contribution in [1.82, 2.24) is 5.32 Å². The number of hydrogen-bond donors (Lipinski definition) is 2. The van der Waals surface area contributed by atoms with E-state index < -0.39 is 6.10 Å². The first kappa shape index (κ1) is 13.1. The molecule has 17 heavy (non-hydrogen) atoms. The van der Waals surface area contributed by atoms with Gasteiger partial charge in [-0.1, -0.05) is 12.8 Å². The maximum atomic E-state index is 12.0. The lowest BCUT2D eigenvalue weighted by atomic mass is 9.92. The van der Waals surface area contributed by atoms with Crippen LogP contribution in [0, 0.1) is 6.92 Å². The average molecular weight is 318 g/mol. The van der Waals surface area contributed by atoms with Gasteiger partial charge in [-0.2, -0.15) is 0 Å². The van der Waals surface area contributed by atoms with Crippen LogP contribution in [-0.4, -0.2) is 23.2 Å². The third kappa shape index (κ3) is 3.09. The summed E-state index contributed by atoms with van der Waals surface area (Å²) >= 11 is 4.85. The molecule has 1 aliphatic rings. The number of aliphatic hydroxyl groups is 1. The first-order chi connectivity index (χ1) is 8.08. The molecule has 2 atom stereocenters. The minimum atomic E-state index is -0.391. The molecular weight excluding hydrogens is 302 g/mol. The molecule has 1 aromatic heterocycles. The van der Waals surface area contributed by atoms with Crippen LogP contribution in [0.15, 0.2) is 9.85 Å². The normalized spacial score (nSPS) is 24.6. The molecule has 0 unspecified atom stereocenters. The van der Waals surface area contributed by atoms with Crippen LogP contribution in [0.25, 0.3) is 0 Å². The molecule has 0 radical (unpaired) electrons. The van der Waals surface area contributed by atoms with Crippen LogP contribution < -0.4 is 5.32 Å². The fraction of sp³-hybridized carbons (Fsp3) is 0.583. The molecule has 0 bridgehead atoms. The van der Waals surface area contributed by atoms with Crippen molar-refractivity contribution in [3.05, 3.63) is 20.3 Å². The molecule has 0 aromatic carbocycles. The number of amides is 1. The lowest BCUT2D eigenvalue weighted by Crippen LogP contribution is -2.44. The molecule has 1 heterocycles. The van der Waals surface area contributed by atoms with Gasteiger partial charge in [0.05, 0.1) is 20.8 Å². The molecule has 0 aliphatic heterocycles. The van der Waals surface area contributed by atoms with Gasteiger partial charge in [0.2, 0.25) is 0 Å². The van der Waals surface area contributed by atoms with Crippen molar-refractivity contribution in [3.8, 4) is 0 Å². The summed E-state index contributed by atoms with van der Waals surface area (Å²) in [5.74, 6) is -0.0743. The molecule has 5 heteroatoms. The van der Waals surface area contributed by atoms with Crippen molar-refractivity contribution in [1.29, 1.82) is 0 Å². The van der Waals surface area contributed by atoms with Gasteiger partial charge < -0.3 is 10.4 Å². The topological polar surface area (TPSA) is 49.3 Å². The summed E-state index contributed by atoms with van der Waals surface area (Å²) in [6.45, 7) is 1.97. The van der Waals surface area contributed by atoms with E-state index in [0.29, 0.717) is 4.88 Å². The summed E-state index contributed by atoms with van der Waals surface area (Å²) in [6.07, 6.45) is 3.40. The summed E-state index contributed by atoms with van der Waals surface area (Å²) in [5.41, 5.74) is 1.07. The Morgan fingerprint density at radius 1 is 1.53 bits per heavy atom. The Morgan fingerprint density at radius 3 is 2.82 bits per heavy atom. The predicted molar refractivity (Wildman–Crippen MR) is 72.5 cm³/mol. The Kier molecular flexibility index (Phi) is 4.22. The van der Waals surface area contributed by atoms with Crippen molar-refractivity contribution < 1.29 is 9.90 Å². The molecule has 2 N–H and O–H groups in total. The van der Waals surface area contributed by atoms with Gasteiger partial charge in [0.15, 0.2) is 0 Å². The summed E-state index contributed by atoms with van der Waals surface area (Å²) < 4.78 is 0.992. The van der Waals surface area contributed by atoms with Crippen molar-refractivity contribution in [3.63, 3.8) is 0 Å². The maximum Gasteiger partial charge on any atom is 0.261 e. The number of rotatable bonds is 2. The highest BCUT2D eigenvalue weighted by molar-refractivity contribution is 9.11. The highest BCUT2D eigenvalue weighted by Crippen LogP contribution is 2.27. The first-order valence-corrected chi connectivity index (χ1v) is 7.43. The van der Waals surface area contributed by atoms with Gasteiger partial charge in [0.1, 0.15) is 0 Å². The molecule has 1 saturated carbocycles. The Hall–Kier alpha value is -0.390. The Morgan fingerprint density at radius 2 is 2.24 bits per heavy atom. The van der Waals surface area contributed by atoms with Gasteiger partial charge in [-0.3, -0.25) is 4.79 Å². The van der Waals surface area contributed by atoms with Gasteiger partial charge >= 0.3 is 0 Å². The zero-order valence-electron chi connectivity index (χ0n) is 9.70. The van der Waals surface area contributed by atoms with Crippen LogP contribution in [-0.2, 0) is 0 Å². The molecule has 1 aliphatic carbocycles. The zero-order valence-corrected chi connectivity index (χ0v) is 12.1. The van der Waals surface area contributed by atoms with E-state index in [9.17, 15) is 9.90 Å². The molecule has 0 spiro atoms. The van der Waals surface area contributed by atoms with Crippen molar-refractivity contribution in [2.75, 3.05) is 0 Å². The number of aliphatic hydroxyl groups excluding tert-OH is 1. The van der Waals surface area contributed by atoms with Gasteiger partial charge in [-0.15, -0.1) is 11.3 Å². The monoisotopic (exact) mass is 317 g/mol. The Bertz CT molecular complexity index is 399. The minimum absolute atomic E-state index is 0.0743. The molecule has 1 fully saturated rings. The molecule has 3 nitrogen and oxygen atoms in total. The number of aryl methyl sites for hydroxylation is 1. The molecule has 2 rings (SSSR count). The van der Waals surface area contributed by atoms with Gasteiger partial charge in [-0.05, 0) is 47.3 Å². The Labute approximate surface area is 113 Å². The standard InChI is InChI=1S/C12H16BrNO2S/c1-7-6-10(17-11(7)13)12(16)14-8-4-2-3-5-9(8)15/h6,8-9,15H,2-5H2,1H3,(H,14,16)/t8-,9-/m0/s1. The van der Waals surface area contributed by atoms with E-state index in [0.717, 1.165) is 35.0 Å². The zero-order chi connectivity index (χ0) is 12.4. The van der Waals surface area contributed by atoms with E-state index in [4.69, 9.17) is 0 Å². The van der Waals surface area contributed by atoms with Crippen LogP contribution in [0.1, 0.15) is 40.9 Å². The van der Waals surface area contributed by atoms with Gasteiger partial charge in [0, 0.05) is 0 Å². The number of hydrogen-bond acceptors (Lipinski definition) is 3. The number of nitrogens with one attached hydrogen (secondary N) is 1. The quantitative estimate of drug-likeness (QED) is 0.881. The lowest BCUT2D eigenvalue weighted by molar-refractivity contribution is 0.0720. The molecule has 94 valence electrons. The summed E-state index contributed by atoms with van der Waals surface area (Å²) in [5, 5.41) is 12.7. The van der Waals surface area contributed by atoms with E-state index in [1.54, 1.807) is 0 Å². The van der Waals surface area contributed by atoms with Crippen LogP contribution in [0.4, 0.5) is 0 Å². The van der Waals surface area contributed by atoms with E-state index in [-0.39, 0.29) is 11.9 Å². The van der Waals surface area contributed by atoms with Crippen LogP contribution in [0.3, 0.4) is 0 Å². The lowest BCUT2D eigenvalue weighted by Gasteiger charge is -2.28. The molecule has 1 aromatic rings. The molecular formula is C12H16BrNO2S. The minimum Gasteiger partial charge on any atom is -0.391 e. The SMILES string of the molecule is Cc1cc(C(=O)N[C@H]2CCCC[C@@H]2O)sc1Br. The maximum absolute atomic E-state index is 12.0. The number of carbonyl (C=O) groups excluding carboxylic acids is 1. The second kappa shape index (κ2) is 5.50. The largest absolute Gasteiger partial charge is 0.391 e. The second-order valence-corrected chi connectivity index (χ2v) is 6.87. The van der Waals surface area contributed by atoms with E-state index >= 15 is 0 Å². The van der Waals surface area contributed by atoms with Gasteiger partial charge in [-0.25, -0.2) is 0 Å². The van der Waals surface area contributed by atoms with Crippen molar-refractivity contribution >= 4 is 33.2 Å². The predicted octanol–water partition coefficient (Wildman–Crippen LogP) is 2.85. The van der Waals surface area contributed by atoms with E-state index in [1.807, 2.05) is 13.0 Å². The smallest absolute Gasteiger partial charge is 0.261 e. The fourth-order valence-corrected chi connectivity index (χ4v) is 3.53. The van der Waals surface area contributed by atoms with E-state index in [1.165, 1.54) is 11.3 Å². The summed E-state index contributed by atoms with van der Waals surface area (Å²) in [7, 11) is 0. The van der Waals surface area contributed by atoms with Crippen molar-refractivity contribution in [2.45, 2.75) is 44.8 Å². The third-order valence-corrected chi connectivity index (χ3v) is 5.26. The second-order valence-electron chi connectivity index (χ2n) is 4.50. The number of carbonyl (C=O) groups is 1. The van der Waals surface area contributed by atoms with Gasteiger partial charge in [0.25, 0.3) is 5.91 Å². The summed E-state index contributed by atoms with van der Waals surface area (Å²) in [6, 6.07) is 1.79. The molecule has 0 saturated heterocycles. The Balaban J connectivity index is 2.01. The van der Waals surface area contributed by atoms with Crippen LogP contribution in [0.5, 0.6) is 0 Å². The molecule has 1 amide bonds. The van der Waals surface area contributed by atoms with Crippen LogP contribution >= 0.6 is 27.3 Å². The summed E-state index contributed by atoms with van der Waals surface area (Å²) in [4.78, 5) is 12.7. The number of thiophene rings is 1. The fourth-order valence-electron chi connectivity index (χ4n) is 2.09. The van der Waals surface area contributed by atoms with Crippen LogP contribution in [0.2, 0.25) is 0 Å². The highest BCUT2D eigenvalue weighted by atomic mass is 79.9. The average Bonchev–Trinajstić information content (AvgIpc) is 2.63. The number of halogens is 1. The third-order valence-electron chi connectivity index (χ3n) is 3.13.